The van der Waals surface area contributed by atoms with Gasteiger partial charge in [-0.05, 0) is 56.9 Å². The minimum atomic E-state index is -3.15. The molecule has 0 saturated carbocycles. The van der Waals surface area contributed by atoms with Crippen molar-refractivity contribution in [1.29, 1.82) is 0 Å². The molecule has 1 N–H and O–H groups in total. The Hall–Kier alpha value is -1.31. The number of hydrogen-bond acceptors (Lipinski definition) is 4. The molecule has 0 aliphatic carbocycles. The highest BCUT2D eigenvalue weighted by molar-refractivity contribution is 7.89. The van der Waals surface area contributed by atoms with E-state index in [0.29, 0.717) is 36.7 Å². The average molecular weight is 389 g/mol. The first kappa shape index (κ1) is 20.0. The molecule has 1 amide bonds. The average Bonchev–Trinajstić information content (AvgIpc) is 2.58. The lowest BCUT2D eigenvalue weighted by atomic mass is 10.1. The molecule has 140 valence electrons. The number of sulfonamides is 1. The summed E-state index contributed by atoms with van der Waals surface area (Å²) in [5.41, 5.74) is 1.81. The molecular formula is C17H25ClN2O4S. The van der Waals surface area contributed by atoms with Crippen LogP contribution in [-0.4, -0.2) is 50.1 Å². The van der Waals surface area contributed by atoms with Gasteiger partial charge in [0.2, 0.25) is 10.0 Å². The molecule has 1 aliphatic heterocycles. The van der Waals surface area contributed by atoms with Gasteiger partial charge in [-0.1, -0.05) is 11.6 Å². The Morgan fingerprint density at radius 1 is 1.28 bits per heavy atom. The van der Waals surface area contributed by atoms with Crippen LogP contribution in [-0.2, 0) is 14.8 Å². The fourth-order valence-corrected chi connectivity index (χ4v) is 4.11. The van der Waals surface area contributed by atoms with Gasteiger partial charge in [-0.2, -0.15) is 0 Å². The Kier molecular flexibility index (Phi) is 6.71. The molecule has 1 aromatic carbocycles. The third kappa shape index (κ3) is 5.33. The fraction of sp³-hybridized carbons (Fsp3) is 0.588. The summed E-state index contributed by atoms with van der Waals surface area (Å²) in [6.07, 6.45) is 1.23. The van der Waals surface area contributed by atoms with E-state index >= 15 is 0 Å². The van der Waals surface area contributed by atoms with E-state index in [1.807, 2.05) is 13.8 Å². The van der Waals surface area contributed by atoms with Gasteiger partial charge in [-0.25, -0.2) is 12.7 Å². The number of carbonyl (C=O) groups excluding carboxylic acids is 1. The summed E-state index contributed by atoms with van der Waals surface area (Å²) < 4.78 is 30.7. The van der Waals surface area contributed by atoms with Crippen molar-refractivity contribution in [3.8, 4) is 5.75 Å². The van der Waals surface area contributed by atoms with Gasteiger partial charge in [0.05, 0.1) is 5.75 Å². The van der Waals surface area contributed by atoms with E-state index < -0.39 is 10.0 Å². The highest BCUT2D eigenvalue weighted by Gasteiger charge is 2.27. The van der Waals surface area contributed by atoms with Gasteiger partial charge in [0, 0.05) is 24.2 Å². The van der Waals surface area contributed by atoms with Crippen molar-refractivity contribution >= 4 is 27.5 Å². The third-order valence-corrected chi connectivity index (χ3v) is 6.83. The number of aryl methyl sites for hydroxylation is 2. The quantitative estimate of drug-likeness (QED) is 0.811. The van der Waals surface area contributed by atoms with Crippen molar-refractivity contribution in [3.63, 3.8) is 0 Å². The molecule has 2 rings (SSSR count). The molecule has 0 aromatic heterocycles. The number of piperidine rings is 1. The first-order valence-electron chi connectivity index (χ1n) is 8.39. The molecule has 1 aliphatic rings. The maximum atomic E-state index is 12.1. The first-order valence-corrected chi connectivity index (χ1v) is 10.4. The van der Waals surface area contributed by atoms with Crippen LogP contribution in [0.4, 0.5) is 0 Å². The van der Waals surface area contributed by atoms with Crippen molar-refractivity contribution in [3.05, 3.63) is 28.3 Å². The van der Waals surface area contributed by atoms with E-state index in [1.54, 1.807) is 19.1 Å². The van der Waals surface area contributed by atoms with Crippen LogP contribution in [0.2, 0.25) is 5.02 Å². The SMILES string of the molecule is CCS(=O)(=O)N1CCC(NC(=O)COc2cc(C)c(Cl)c(C)c2)CC1. The Balaban J connectivity index is 1.80. The molecule has 8 heteroatoms. The molecule has 0 atom stereocenters. The van der Waals surface area contributed by atoms with E-state index in [2.05, 4.69) is 5.32 Å². The summed E-state index contributed by atoms with van der Waals surface area (Å²) in [5.74, 6) is 0.512. The standard InChI is InChI=1S/C17H25ClN2O4S/c1-4-25(22,23)20-7-5-14(6-8-20)19-16(21)11-24-15-9-12(2)17(18)13(3)10-15/h9-10,14H,4-8,11H2,1-3H3,(H,19,21). The van der Waals surface area contributed by atoms with E-state index in [-0.39, 0.29) is 24.3 Å². The molecule has 1 aromatic rings. The van der Waals surface area contributed by atoms with Gasteiger partial charge in [-0.15, -0.1) is 0 Å². The minimum Gasteiger partial charge on any atom is -0.484 e. The monoisotopic (exact) mass is 388 g/mol. The Morgan fingerprint density at radius 3 is 2.36 bits per heavy atom. The maximum absolute atomic E-state index is 12.1. The topological polar surface area (TPSA) is 75.7 Å². The molecule has 1 fully saturated rings. The molecule has 0 unspecified atom stereocenters. The fourth-order valence-electron chi connectivity index (χ4n) is 2.87. The number of ether oxygens (including phenoxy) is 1. The van der Waals surface area contributed by atoms with Crippen molar-refractivity contribution in [2.24, 2.45) is 0 Å². The predicted molar refractivity (Wildman–Crippen MR) is 98.6 cm³/mol. The Morgan fingerprint density at radius 2 is 1.84 bits per heavy atom. The second-order valence-electron chi connectivity index (χ2n) is 6.30. The zero-order chi connectivity index (χ0) is 18.6. The highest BCUT2D eigenvalue weighted by Crippen LogP contribution is 2.25. The van der Waals surface area contributed by atoms with Crippen LogP contribution in [0.25, 0.3) is 0 Å². The van der Waals surface area contributed by atoms with Gasteiger partial charge < -0.3 is 10.1 Å². The number of carbonyl (C=O) groups is 1. The van der Waals surface area contributed by atoms with Crippen LogP contribution in [0.1, 0.15) is 30.9 Å². The van der Waals surface area contributed by atoms with Gasteiger partial charge in [0.25, 0.3) is 5.91 Å². The lowest BCUT2D eigenvalue weighted by molar-refractivity contribution is -0.124. The first-order chi connectivity index (χ1) is 11.7. The number of benzene rings is 1. The zero-order valence-corrected chi connectivity index (χ0v) is 16.4. The summed E-state index contributed by atoms with van der Waals surface area (Å²) in [4.78, 5) is 12.1. The smallest absolute Gasteiger partial charge is 0.258 e. The van der Waals surface area contributed by atoms with Crippen molar-refractivity contribution in [1.82, 2.24) is 9.62 Å². The van der Waals surface area contributed by atoms with Crippen molar-refractivity contribution < 1.29 is 17.9 Å². The van der Waals surface area contributed by atoms with Crippen molar-refractivity contribution in [2.75, 3.05) is 25.4 Å². The Bertz CT molecular complexity index is 705. The predicted octanol–water partition coefficient (Wildman–Crippen LogP) is 2.27. The van der Waals surface area contributed by atoms with Crippen LogP contribution >= 0.6 is 11.6 Å². The summed E-state index contributed by atoms with van der Waals surface area (Å²) in [6, 6.07) is 3.58. The molecule has 25 heavy (non-hydrogen) atoms. The summed E-state index contributed by atoms with van der Waals surface area (Å²) in [6.45, 7) is 6.23. The van der Waals surface area contributed by atoms with E-state index in [1.165, 1.54) is 4.31 Å². The molecule has 0 spiro atoms. The molecule has 0 radical (unpaired) electrons. The zero-order valence-electron chi connectivity index (χ0n) is 14.8. The van der Waals surface area contributed by atoms with Gasteiger partial charge >= 0.3 is 0 Å². The van der Waals surface area contributed by atoms with Crippen LogP contribution < -0.4 is 10.1 Å². The maximum Gasteiger partial charge on any atom is 0.258 e. The molecule has 1 heterocycles. The number of rotatable bonds is 6. The lowest BCUT2D eigenvalue weighted by Gasteiger charge is -2.31. The molecule has 1 saturated heterocycles. The molecule has 0 bridgehead atoms. The number of amides is 1. The van der Waals surface area contributed by atoms with Crippen LogP contribution in [0.15, 0.2) is 12.1 Å². The highest BCUT2D eigenvalue weighted by atomic mass is 35.5. The van der Waals surface area contributed by atoms with Gasteiger partial charge in [0.15, 0.2) is 6.61 Å². The normalized spacial score (nSPS) is 16.6. The molecular weight excluding hydrogens is 364 g/mol. The summed E-state index contributed by atoms with van der Waals surface area (Å²) in [7, 11) is -3.15. The molecule has 6 nitrogen and oxygen atoms in total. The second kappa shape index (κ2) is 8.38. The largest absolute Gasteiger partial charge is 0.484 e. The minimum absolute atomic E-state index is 0.0203. The van der Waals surface area contributed by atoms with Crippen LogP contribution in [0, 0.1) is 13.8 Å². The number of hydrogen-bond donors (Lipinski definition) is 1. The van der Waals surface area contributed by atoms with Crippen molar-refractivity contribution in [2.45, 2.75) is 39.7 Å². The summed E-state index contributed by atoms with van der Waals surface area (Å²) in [5, 5.41) is 3.61. The third-order valence-electron chi connectivity index (χ3n) is 4.36. The number of nitrogens with one attached hydrogen (secondary N) is 1. The lowest BCUT2D eigenvalue weighted by Crippen LogP contribution is -2.47. The van der Waals surface area contributed by atoms with E-state index in [9.17, 15) is 13.2 Å². The second-order valence-corrected chi connectivity index (χ2v) is 8.94. The Labute approximate surface area is 154 Å². The van der Waals surface area contributed by atoms with Crippen LogP contribution in [0.5, 0.6) is 5.75 Å². The van der Waals surface area contributed by atoms with E-state index in [0.717, 1.165) is 11.1 Å². The van der Waals surface area contributed by atoms with E-state index in [4.69, 9.17) is 16.3 Å². The number of halogens is 1. The number of nitrogens with zero attached hydrogens (tertiary/aromatic N) is 1. The van der Waals surface area contributed by atoms with Gasteiger partial charge in [-0.3, -0.25) is 4.79 Å². The van der Waals surface area contributed by atoms with Gasteiger partial charge in [0.1, 0.15) is 5.75 Å². The van der Waals surface area contributed by atoms with Crippen LogP contribution in [0.3, 0.4) is 0 Å². The summed E-state index contributed by atoms with van der Waals surface area (Å²) >= 11 is 6.11.